The number of aromatic nitrogens is 4. The van der Waals surface area contributed by atoms with Crippen molar-refractivity contribution in [1.29, 1.82) is 0 Å². The zero-order valence-corrected chi connectivity index (χ0v) is 20.3. The Balaban J connectivity index is 1.40. The molecule has 1 aliphatic heterocycles. The van der Waals surface area contributed by atoms with Gasteiger partial charge in [0.1, 0.15) is 12.1 Å². The molecule has 0 bridgehead atoms. The lowest BCUT2D eigenvalue weighted by Crippen LogP contribution is -2.28. The van der Waals surface area contributed by atoms with E-state index >= 15 is 0 Å². The first-order valence-corrected chi connectivity index (χ1v) is 13.4. The van der Waals surface area contributed by atoms with Gasteiger partial charge in [-0.05, 0) is 59.5 Å². The zero-order valence-electron chi connectivity index (χ0n) is 16.5. The van der Waals surface area contributed by atoms with Gasteiger partial charge in [-0.25, -0.2) is 28.1 Å². The third-order valence-electron chi connectivity index (χ3n) is 5.30. The van der Waals surface area contributed by atoms with Crippen molar-refractivity contribution >= 4 is 61.4 Å². The van der Waals surface area contributed by atoms with Crippen molar-refractivity contribution in [2.45, 2.75) is 47.5 Å². The fraction of sp³-hybridized carbons (Fsp3) is 0.421. The Labute approximate surface area is 197 Å². The Morgan fingerprint density at radius 3 is 2.97 bits per heavy atom. The summed E-state index contributed by atoms with van der Waals surface area (Å²) in [6, 6.07) is 4.20. The number of ether oxygens (including phenoxy) is 1. The highest BCUT2D eigenvalue weighted by atomic mass is 127. The highest BCUT2D eigenvalue weighted by Gasteiger charge is 2.35. The van der Waals surface area contributed by atoms with Crippen LogP contribution in [0, 0.1) is 3.57 Å². The van der Waals surface area contributed by atoms with Gasteiger partial charge in [-0.2, -0.15) is 0 Å². The molecule has 31 heavy (non-hydrogen) atoms. The number of halogens is 1. The predicted octanol–water partition coefficient (Wildman–Crippen LogP) is 2.57. The third-order valence-corrected chi connectivity index (χ3v) is 9.56. The van der Waals surface area contributed by atoms with Crippen molar-refractivity contribution in [2.75, 3.05) is 18.9 Å². The summed E-state index contributed by atoms with van der Waals surface area (Å²) < 4.78 is 35.7. The summed E-state index contributed by atoms with van der Waals surface area (Å²) >= 11 is 3.85. The number of imidazole rings is 1. The summed E-state index contributed by atoms with van der Waals surface area (Å²) in [5, 5.41) is 0.521. The summed E-state index contributed by atoms with van der Waals surface area (Å²) in [6.07, 6.45) is 4.47. The average Bonchev–Trinajstić information content (AvgIpc) is 3.42. The maximum atomic E-state index is 12.1. The standard InChI is InChI=1S/C19H21IN6O3S2/c20-13-8-11-4-7-29-14(11)9-15(13)30-19-25-16-17(21)22-10-23-18(16)26(19)6-1-5-24-31(27,28)12-2-3-12/h8-10,12,24H,1-7H2,(H2,21,22,23). The molecule has 12 heteroatoms. The van der Waals surface area contributed by atoms with E-state index in [9.17, 15) is 8.42 Å². The molecular formula is C19H21IN6O3S2. The molecule has 3 N–H and O–H groups in total. The van der Waals surface area contributed by atoms with Gasteiger partial charge in [0.25, 0.3) is 0 Å². The first-order chi connectivity index (χ1) is 14.9. The molecule has 0 radical (unpaired) electrons. The van der Waals surface area contributed by atoms with E-state index in [4.69, 9.17) is 15.5 Å². The van der Waals surface area contributed by atoms with Crippen LogP contribution < -0.4 is 15.2 Å². The van der Waals surface area contributed by atoms with Crippen LogP contribution >= 0.6 is 34.4 Å². The number of nitrogens with two attached hydrogens (primary N) is 1. The number of nitrogens with one attached hydrogen (secondary N) is 1. The molecule has 5 rings (SSSR count). The van der Waals surface area contributed by atoms with Crippen molar-refractivity contribution in [3.63, 3.8) is 0 Å². The van der Waals surface area contributed by atoms with Gasteiger partial charge >= 0.3 is 0 Å². The Hall–Kier alpha value is -1.64. The summed E-state index contributed by atoms with van der Waals surface area (Å²) in [5.41, 5.74) is 8.46. The van der Waals surface area contributed by atoms with Crippen LogP contribution in [-0.2, 0) is 23.0 Å². The van der Waals surface area contributed by atoms with Crippen LogP contribution in [0.1, 0.15) is 24.8 Å². The summed E-state index contributed by atoms with van der Waals surface area (Å²) in [6.45, 7) is 1.63. The van der Waals surface area contributed by atoms with Gasteiger partial charge in [0.15, 0.2) is 22.1 Å². The van der Waals surface area contributed by atoms with Gasteiger partial charge in [0.05, 0.1) is 11.9 Å². The Kier molecular flexibility index (Phi) is 5.73. The van der Waals surface area contributed by atoms with Crippen LogP contribution in [0.2, 0.25) is 0 Å². The molecule has 164 valence electrons. The lowest BCUT2D eigenvalue weighted by molar-refractivity contribution is 0.356. The van der Waals surface area contributed by atoms with E-state index in [1.807, 2.05) is 4.57 Å². The van der Waals surface area contributed by atoms with Crippen LogP contribution in [-0.4, -0.2) is 46.3 Å². The molecule has 9 nitrogen and oxygen atoms in total. The SMILES string of the molecule is Nc1ncnc2c1nc(Sc1cc3c(cc1I)CCO3)n2CCCNS(=O)(=O)C1CC1. The van der Waals surface area contributed by atoms with E-state index in [0.29, 0.717) is 43.1 Å². The number of sulfonamides is 1. The molecule has 1 aliphatic carbocycles. The monoisotopic (exact) mass is 572 g/mol. The fourth-order valence-electron chi connectivity index (χ4n) is 3.51. The summed E-state index contributed by atoms with van der Waals surface area (Å²) in [7, 11) is -3.19. The van der Waals surface area contributed by atoms with Crippen molar-refractivity contribution in [3.8, 4) is 5.75 Å². The number of nitrogen functional groups attached to an aromatic ring is 1. The second kappa shape index (κ2) is 8.37. The third kappa shape index (κ3) is 4.34. The van der Waals surface area contributed by atoms with Gasteiger partial charge in [-0.3, -0.25) is 0 Å². The summed E-state index contributed by atoms with van der Waals surface area (Å²) in [4.78, 5) is 14.2. The summed E-state index contributed by atoms with van der Waals surface area (Å²) in [5.74, 6) is 1.24. The number of fused-ring (bicyclic) bond motifs is 2. The number of benzene rings is 1. The Morgan fingerprint density at radius 2 is 2.16 bits per heavy atom. The van der Waals surface area contributed by atoms with Crippen LogP contribution in [0.3, 0.4) is 0 Å². The van der Waals surface area contributed by atoms with Crippen molar-refractivity contribution in [2.24, 2.45) is 0 Å². The minimum Gasteiger partial charge on any atom is -0.493 e. The molecule has 0 unspecified atom stereocenters. The second-order valence-electron chi connectivity index (χ2n) is 7.56. The van der Waals surface area contributed by atoms with Crippen LogP contribution in [0.15, 0.2) is 28.5 Å². The minimum absolute atomic E-state index is 0.218. The van der Waals surface area contributed by atoms with Crippen molar-refractivity contribution in [1.82, 2.24) is 24.2 Å². The quantitative estimate of drug-likeness (QED) is 0.312. The number of hydrogen-bond acceptors (Lipinski definition) is 8. The predicted molar refractivity (Wildman–Crippen MR) is 127 cm³/mol. The van der Waals surface area contributed by atoms with Crippen LogP contribution in [0.4, 0.5) is 5.82 Å². The molecule has 1 saturated carbocycles. The topological polar surface area (TPSA) is 125 Å². The highest BCUT2D eigenvalue weighted by molar-refractivity contribution is 14.1. The first-order valence-electron chi connectivity index (χ1n) is 10.0. The largest absolute Gasteiger partial charge is 0.493 e. The fourth-order valence-corrected chi connectivity index (χ4v) is 6.74. The minimum atomic E-state index is -3.19. The number of aryl methyl sites for hydroxylation is 1. The molecule has 0 spiro atoms. The molecule has 1 fully saturated rings. The highest BCUT2D eigenvalue weighted by Crippen LogP contribution is 2.38. The van der Waals surface area contributed by atoms with Crippen LogP contribution in [0.25, 0.3) is 11.2 Å². The van der Waals surface area contributed by atoms with E-state index in [-0.39, 0.29) is 5.25 Å². The molecule has 2 aliphatic rings. The van der Waals surface area contributed by atoms with Gasteiger partial charge in [0.2, 0.25) is 10.0 Å². The maximum Gasteiger partial charge on any atom is 0.214 e. The van der Waals surface area contributed by atoms with Gasteiger partial charge in [-0.15, -0.1) is 0 Å². The van der Waals surface area contributed by atoms with Crippen molar-refractivity contribution < 1.29 is 13.2 Å². The Morgan fingerprint density at radius 1 is 1.32 bits per heavy atom. The van der Waals surface area contributed by atoms with E-state index in [2.05, 4.69) is 49.4 Å². The van der Waals surface area contributed by atoms with Crippen molar-refractivity contribution in [3.05, 3.63) is 27.6 Å². The van der Waals surface area contributed by atoms with Gasteiger partial charge in [-0.1, -0.05) is 11.8 Å². The number of rotatable bonds is 8. The smallest absolute Gasteiger partial charge is 0.214 e. The second-order valence-corrected chi connectivity index (χ2v) is 11.8. The number of hydrogen-bond donors (Lipinski definition) is 2. The molecule has 3 heterocycles. The lowest BCUT2D eigenvalue weighted by Gasteiger charge is -2.11. The Bertz CT molecular complexity index is 1260. The first kappa shape index (κ1) is 21.2. The molecule has 0 saturated heterocycles. The lowest BCUT2D eigenvalue weighted by atomic mass is 10.2. The number of anilines is 1. The van der Waals surface area contributed by atoms with Crippen LogP contribution in [0.5, 0.6) is 5.75 Å². The average molecular weight is 572 g/mol. The maximum absolute atomic E-state index is 12.1. The van der Waals surface area contributed by atoms with Gasteiger partial charge < -0.3 is 15.0 Å². The molecule has 2 aromatic heterocycles. The number of nitrogens with zero attached hydrogens (tertiary/aromatic N) is 4. The van der Waals surface area contributed by atoms with Gasteiger partial charge in [0, 0.05) is 28.0 Å². The zero-order chi connectivity index (χ0) is 21.6. The van der Waals surface area contributed by atoms with E-state index in [0.717, 1.165) is 38.6 Å². The van der Waals surface area contributed by atoms with E-state index in [1.54, 1.807) is 0 Å². The van der Waals surface area contributed by atoms with E-state index in [1.165, 1.54) is 23.7 Å². The molecular weight excluding hydrogens is 551 g/mol. The molecule has 1 aromatic carbocycles. The van der Waals surface area contributed by atoms with E-state index < -0.39 is 10.0 Å². The molecule has 3 aromatic rings. The normalized spacial score (nSPS) is 15.9. The molecule has 0 amide bonds. The molecule has 0 atom stereocenters.